The van der Waals surface area contributed by atoms with Gasteiger partial charge in [-0.3, -0.25) is 0 Å². The SMILES string of the molecule is CCOC(=O)c1c(-c2c(O)c3ccccc3oc2=O)c(-c2ccccc2)n(-c2ccc(C)c(Cl)c2)c1C(=O)OCC. The van der Waals surface area contributed by atoms with E-state index in [0.29, 0.717) is 16.3 Å². The summed E-state index contributed by atoms with van der Waals surface area (Å²) in [5.41, 5.74) is 0.488. The van der Waals surface area contributed by atoms with Crippen LogP contribution in [0.2, 0.25) is 5.02 Å². The third-order valence-corrected chi connectivity index (χ3v) is 7.02. The molecule has 0 bridgehead atoms. The smallest absolute Gasteiger partial charge is 0.356 e. The molecule has 0 spiro atoms. The molecule has 3 aromatic carbocycles. The van der Waals surface area contributed by atoms with E-state index < -0.39 is 23.3 Å². The Labute approximate surface area is 240 Å². The van der Waals surface area contributed by atoms with Gasteiger partial charge in [0.2, 0.25) is 0 Å². The van der Waals surface area contributed by atoms with Gasteiger partial charge in [0.1, 0.15) is 28.2 Å². The lowest BCUT2D eigenvalue weighted by Crippen LogP contribution is -2.17. The van der Waals surface area contributed by atoms with Crippen LogP contribution in [-0.4, -0.2) is 34.8 Å². The summed E-state index contributed by atoms with van der Waals surface area (Å²) in [5, 5.41) is 12.2. The summed E-state index contributed by atoms with van der Waals surface area (Å²) < 4.78 is 17.9. The average molecular weight is 572 g/mol. The van der Waals surface area contributed by atoms with Gasteiger partial charge in [-0.05, 0) is 56.2 Å². The third-order valence-electron chi connectivity index (χ3n) is 6.62. The number of hydrogen-bond donors (Lipinski definition) is 1. The molecule has 0 radical (unpaired) electrons. The van der Waals surface area contributed by atoms with Crippen molar-refractivity contribution in [2.24, 2.45) is 0 Å². The summed E-state index contributed by atoms with van der Waals surface area (Å²) in [6.45, 7) is 5.10. The Morgan fingerprint density at radius 2 is 1.56 bits per heavy atom. The normalized spacial score (nSPS) is 11.0. The molecular weight excluding hydrogens is 546 g/mol. The highest BCUT2D eigenvalue weighted by atomic mass is 35.5. The largest absolute Gasteiger partial charge is 0.506 e. The Morgan fingerprint density at radius 3 is 2.24 bits per heavy atom. The number of carbonyl (C=O) groups excluding carboxylic acids is 2. The summed E-state index contributed by atoms with van der Waals surface area (Å²) in [7, 11) is 0. The van der Waals surface area contributed by atoms with Crippen LogP contribution in [0.3, 0.4) is 0 Å². The topological polar surface area (TPSA) is 108 Å². The molecule has 0 aliphatic heterocycles. The van der Waals surface area contributed by atoms with E-state index >= 15 is 0 Å². The Kier molecular flexibility index (Phi) is 7.68. The molecule has 0 saturated heterocycles. The molecule has 2 aromatic heterocycles. The number of aryl methyl sites for hydroxylation is 1. The molecule has 208 valence electrons. The van der Waals surface area contributed by atoms with Crippen LogP contribution in [0.5, 0.6) is 5.75 Å². The van der Waals surface area contributed by atoms with Crippen molar-refractivity contribution in [1.82, 2.24) is 4.57 Å². The van der Waals surface area contributed by atoms with Gasteiger partial charge < -0.3 is 23.6 Å². The minimum Gasteiger partial charge on any atom is -0.506 e. The Balaban J connectivity index is 2.06. The number of esters is 2. The van der Waals surface area contributed by atoms with Crippen molar-refractivity contribution >= 4 is 34.5 Å². The molecule has 0 saturated carbocycles. The highest BCUT2D eigenvalue weighted by Gasteiger charge is 2.37. The lowest BCUT2D eigenvalue weighted by atomic mass is 9.96. The zero-order chi connectivity index (χ0) is 29.3. The fourth-order valence-corrected chi connectivity index (χ4v) is 4.99. The molecule has 0 aliphatic rings. The maximum atomic E-state index is 13.7. The van der Waals surface area contributed by atoms with Crippen molar-refractivity contribution in [3.05, 3.63) is 105 Å². The summed E-state index contributed by atoms with van der Waals surface area (Å²) in [6.07, 6.45) is 0. The van der Waals surface area contributed by atoms with Gasteiger partial charge in [0.15, 0.2) is 0 Å². The second-order valence-corrected chi connectivity index (χ2v) is 9.54. The number of nitrogens with zero attached hydrogens (tertiary/aromatic N) is 1. The standard InChI is InChI=1S/C32H26ClNO7/c1-4-39-30(36)25-24(26-29(35)21-13-9-10-14-23(21)41-31(26)37)27(19-11-7-6-8-12-19)34(28(25)32(38)40-5-2)20-16-15-18(3)22(33)17-20/h6-17,35H,4-5H2,1-3H3. The number of fused-ring (bicyclic) bond motifs is 1. The first-order valence-electron chi connectivity index (χ1n) is 13.0. The number of halogens is 1. The van der Waals surface area contributed by atoms with Gasteiger partial charge in [-0.1, -0.05) is 60.1 Å². The monoisotopic (exact) mass is 571 g/mol. The van der Waals surface area contributed by atoms with Gasteiger partial charge in [-0.2, -0.15) is 0 Å². The molecule has 1 N–H and O–H groups in total. The number of aromatic hydroxyl groups is 1. The van der Waals surface area contributed by atoms with Crippen LogP contribution < -0.4 is 5.63 Å². The van der Waals surface area contributed by atoms with Gasteiger partial charge in [0, 0.05) is 16.3 Å². The summed E-state index contributed by atoms with van der Waals surface area (Å²) in [4.78, 5) is 41.0. The van der Waals surface area contributed by atoms with Crippen LogP contribution in [0.4, 0.5) is 0 Å². The molecule has 0 aliphatic carbocycles. The Morgan fingerprint density at radius 1 is 0.902 bits per heavy atom. The van der Waals surface area contributed by atoms with Crippen LogP contribution in [0.1, 0.15) is 40.3 Å². The predicted octanol–water partition coefficient (Wildman–Crippen LogP) is 6.94. The quantitative estimate of drug-likeness (QED) is 0.166. The summed E-state index contributed by atoms with van der Waals surface area (Å²) >= 11 is 6.52. The highest BCUT2D eigenvalue weighted by molar-refractivity contribution is 6.31. The molecule has 0 unspecified atom stereocenters. The minimum absolute atomic E-state index is 0.0128. The van der Waals surface area contributed by atoms with E-state index in [-0.39, 0.29) is 52.3 Å². The summed E-state index contributed by atoms with van der Waals surface area (Å²) in [5.74, 6) is -2.12. The van der Waals surface area contributed by atoms with Crippen molar-refractivity contribution in [3.8, 4) is 33.8 Å². The third kappa shape index (κ3) is 4.87. The van der Waals surface area contributed by atoms with E-state index in [2.05, 4.69) is 0 Å². The van der Waals surface area contributed by atoms with Gasteiger partial charge in [-0.15, -0.1) is 0 Å². The van der Waals surface area contributed by atoms with Crippen LogP contribution in [0, 0.1) is 6.92 Å². The van der Waals surface area contributed by atoms with Crippen LogP contribution in [-0.2, 0) is 9.47 Å². The first-order chi connectivity index (χ1) is 19.8. The number of benzene rings is 3. The highest BCUT2D eigenvalue weighted by Crippen LogP contribution is 2.45. The first-order valence-corrected chi connectivity index (χ1v) is 13.4. The molecule has 5 rings (SSSR count). The molecule has 9 heteroatoms. The zero-order valence-corrected chi connectivity index (χ0v) is 23.3. The molecular formula is C32H26ClNO7. The Bertz CT molecular complexity index is 1850. The fourth-order valence-electron chi connectivity index (χ4n) is 4.81. The van der Waals surface area contributed by atoms with E-state index in [0.717, 1.165) is 5.56 Å². The van der Waals surface area contributed by atoms with Crippen molar-refractivity contribution in [2.45, 2.75) is 20.8 Å². The lowest BCUT2D eigenvalue weighted by molar-refractivity contribution is 0.0473. The first kappa shape index (κ1) is 27.7. The fraction of sp³-hybridized carbons (Fsp3) is 0.156. The van der Waals surface area contributed by atoms with Crippen molar-refractivity contribution in [2.75, 3.05) is 13.2 Å². The zero-order valence-electron chi connectivity index (χ0n) is 22.6. The van der Waals surface area contributed by atoms with Crippen molar-refractivity contribution < 1.29 is 28.6 Å². The van der Waals surface area contributed by atoms with Gasteiger partial charge in [-0.25, -0.2) is 14.4 Å². The summed E-state index contributed by atoms with van der Waals surface area (Å²) in [6, 6.07) is 20.5. The number of hydrogen-bond acceptors (Lipinski definition) is 7. The van der Waals surface area contributed by atoms with Crippen molar-refractivity contribution in [1.29, 1.82) is 0 Å². The second-order valence-electron chi connectivity index (χ2n) is 9.13. The number of para-hydroxylation sites is 1. The van der Waals surface area contributed by atoms with E-state index in [1.54, 1.807) is 86.6 Å². The molecule has 8 nitrogen and oxygen atoms in total. The molecule has 2 heterocycles. The van der Waals surface area contributed by atoms with Crippen LogP contribution in [0.15, 0.2) is 82.0 Å². The molecule has 41 heavy (non-hydrogen) atoms. The van der Waals surface area contributed by atoms with Gasteiger partial charge >= 0.3 is 17.6 Å². The average Bonchev–Trinajstić information content (AvgIpc) is 3.31. The maximum Gasteiger partial charge on any atom is 0.356 e. The van der Waals surface area contributed by atoms with Crippen LogP contribution >= 0.6 is 11.6 Å². The molecule has 5 aromatic rings. The van der Waals surface area contributed by atoms with E-state index in [4.69, 9.17) is 25.5 Å². The van der Waals surface area contributed by atoms with Crippen LogP contribution in [0.25, 0.3) is 39.0 Å². The minimum atomic E-state index is -0.904. The molecule has 0 atom stereocenters. The number of aromatic nitrogens is 1. The Hall–Kier alpha value is -4.82. The van der Waals surface area contributed by atoms with E-state index in [9.17, 15) is 19.5 Å². The van der Waals surface area contributed by atoms with Crippen molar-refractivity contribution in [3.63, 3.8) is 0 Å². The number of ether oxygens (including phenoxy) is 2. The predicted molar refractivity (Wildman–Crippen MR) is 156 cm³/mol. The molecule has 0 fully saturated rings. The van der Waals surface area contributed by atoms with E-state index in [1.165, 1.54) is 4.57 Å². The number of carbonyl (C=O) groups is 2. The number of rotatable bonds is 7. The van der Waals surface area contributed by atoms with Gasteiger partial charge in [0.25, 0.3) is 0 Å². The molecule has 0 amide bonds. The van der Waals surface area contributed by atoms with Gasteiger partial charge in [0.05, 0.1) is 24.3 Å². The maximum absolute atomic E-state index is 13.7. The second kappa shape index (κ2) is 11.3. The van der Waals surface area contributed by atoms with E-state index in [1.807, 2.05) is 6.92 Å². The lowest BCUT2D eigenvalue weighted by Gasteiger charge is -2.15.